The number of imide groups is 1. The van der Waals surface area contributed by atoms with Gasteiger partial charge in [-0.05, 0) is 44.7 Å². The number of carbonyl (C=O) groups excluding carboxylic acids is 4. The van der Waals surface area contributed by atoms with Crippen LogP contribution >= 0.6 is 0 Å². The molecule has 28 heavy (non-hydrogen) atoms. The van der Waals surface area contributed by atoms with Crippen molar-refractivity contribution < 1.29 is 23.9 Å². The molecule has 1 atom stereocenters. The van der Waals surface area contributed by atoms with E-state index in [1.54, 1.807) is 13.8 Å². The molecule has 1 aromatic rings. The smallest absolute Gasteiger partial charge is 0.327 e. The lowest BCUT2D eigenvalue weighted by atomic mass is 9.93. The fraction of sp³-hybridized carbons (Fsp3) is 0.500. The van der Waals surface area contributed by atoms with Crippen LogP contribution in [0.5, 0.6) is 0 Å². The molecule has 0 radical (unpaired) electrons. The van der Waals surface area contributed by atoms with Crippen LogP contribution in [0.25, 0.3) is 0 Å². The number of para-hydroxylation sites is 1. The van der Waals surface area contributed by atoms with Crippen molar-refractivity contribution in [3.8, 4) is 0 Å². The Morgan fingerprint density at radius 2 is 1.75 bits per heavy atom. The number of aryl methyl sites for hydroxylation is 2. The van der Waals surface area contributed by atoms with Gasteiger partial charge in [0.1, 0.15) is 12.1 Å². The third-order valence-corrected chi connectivity index (χ3v) is 5.15. The highest BCUT2D eigenvalue weighted by Crippen LogP contribution is 2.25. The molecule has 0 aliphatic carbocycles. The number of urea groups is 1. The first-order valence-electron chi connectivity index (χ1n) is 9.35. The van der Waals surface area contributed by atoms with Gasteiger partial charge in [-0.15, -0.1) is 0 Å². The second-order valence-electron chi connectivity index (χ2n) is 7.00. The molecule has 152 valence electrons. The third-order valence-electron chi connectivity index (χ3n) is 5.15. The van der Waals surface area contributed by atoms with E-state index in [1.165, 1.54) is 6.92 Å². The fourth-order valence-corrected chi connectivity index (χ4v) is 3.20. The van der Waals surface area contributed by atoms with Crippen molar-refractivity contribution >= 4 is 29.5 Å². The van der Waals surface area contributed by atoms with Crippen LogP contribution in [0.1, 0.15) is 44.7 Å². The molecule has 0 aromatic heterocycles. The van der Waals surface area contributed by atoms with Crippen molar-refractivity contribution in [3.63, 3.8) is 0 Å². The maximum Gasteiger partial charge on any atom is 0.327 e. The Kier molecular flexibility index (Phi) is 6.43. The zero-order valence-electron chi connectivity index (χ0n) is 16.9. The lowest BCUT2D eigenvalue weighted by Gasteiger charge is -2.23. The molecule has 1 heterocycles. The molecule has 8 heteroatoms. The van der Waals surface area contributed by atoms with Gasteiger partial charge in [-0.25, -0.2) is 4.79 Å². The van der Waals surface area contributed by atoms with E-state index in [0.29, 0.717) is 18.5 Å². The standard InChI is InChI=1S/C20H27N3O5/c1-6-20(7-2)18(26)23(19(27)22-20)11-15(24)28-14(5)17(25)21-16-12(3)9-8-10-13(16)4/h8-10,14H,6-7,11H2,1-5H3,(H,21,25)(H,22,27)/t14-/m1/s1. The summed E-state index contributed by atoms with van der Waals surface area (Å²) in [5, 5.41) is 5.39. The Balaban J connectivity index is 1.98. The molecule has 0 spiro atoms. The van der Waals surface area contributed by atoms with Crippen molar-refractivity contribution in [3.05, 3.63) is 29.3 Å². The molecule has 0 unspecified atom stereocenters. The highest BCUT2D eigenvalue weighted by Gasteiger charge is 2.49. The van der Waals surface area contributed by atoms with E-state index in [-0.39, 0.29) is 0 Å². The van der Waals surface area contributed by atoms with Crippen LogP contribution in [-0.2, 0) is 19.1 Å². The van der Waals surface area contributed by atoms with E-state index in [2.05, 4.69) is 10.6 Å². The second-order valence-corrected chi connectivity index (χ2v) is 7.00. The SMILES string of the molecule is CCC1(CC)NC(=O)N(CC(=O)O[C@H](C)C(=O)Nc2c(C)cccc2C)C1=O. The predicted octanol–water partition coefficient (Wildman–Crippen LogP) is 2.28. The van der Waals surface area contributed by atoms with Gasteiger partial charge < -0.3 is 15.4 Å². The normalized spacial score (nSPS) is 16.5. The van der Waals surface area contributed by atoms with Crippen LogP contribution in [0.3, 0.4) is 0 Å². The highest BCUT2D eigenvalue weighted by atomic mass is 16.5. The molecular formula is C20H27N3O5. The summed E-state index contributed by atoms with van der Waals surface area (Å²) in [5.41, 5.74) is 1.46. The monoisotopic (exact) mass is 389 g/mol. The molecule has 1 fully saturated rings. The second kappa shape index (κ2) is 8.41. The van der Waals surface area contributed by atoms with Crippen molar-refractivity contribution in [2.45, 2.75) is 59.1 Å². The molecule has 4 amide bonds. The third kappa shape index (κ3) is 4.16. The minimum absolute atomic E-state index is 0.425. The minimum atomic E-state index is -1.07. The van der Waals surface area contributed by atoms with Crippen molar-refractivity contribution in [1.29, 1.82) is 0 Å². The molecule has 8 nitrogen and oxygen atoms in total. The van der Waals surface area contributed by atoms with Gasteiger partial charge in [-0.1, -0.05) is 32.0 Å². The summed E-state index contributed by atoms with van der Waals surface area (Å²) in [5.74, 6) is -1.76. The summed E-state index contributed by atoms with van der Waals surface area (Å²) in [6.45, 7) is 8.23. The van der Waals surface area contributed by atoms with Crippen molar-refractivity contribution in [2.75, 3.05) is 11.9 Å². The summed E-state index contributed by atoms with van der Waals surface area (Å²) in [4.78, 5) is 50.0. The van der Waals surface area contributed by atoms with E-state index in [9.17, 15) is 19.2 Å². The first-order valence-corrected chi connectivity index (χ1v) is 9.35. The van der Waals surface area contributed by atoms with E-state index in [0.717, 1.165) is 16.0 Å². The maximum absolute atomic E-state index is 12.5. The number of amides is 4. The van der Waals surface area contributed by atoms with Gasteiger partial charge in [0.05, 0.1) is 0 Å². The van der Waals surface area contributed by atoms with E-state index >= 15 is 0 Å². The van der Waals surface area contributed by atoms with Crippen LogP contribution in [0.15, 0.2) is 18.2 Å². The zero-order valence-corrected chi connectivity index (χ0v) is 16.9. The van der Waals surface area contributed by atoms with Crippen LogP contribution < -0.4 is 10.6 Å². The molecule has 1 aliphatic heterocycles. The van der Waals surface area contributed by atoms with E-state index < -0.39 is 42.0 Å². The van der Waals surface area contributed by atoms with E-state index in [1.807, 2.05) is 32.0 Å². The quantitative estimate of drug-likeness (QED) is 0.550. The number of carbonyl (C=O) groups is 4. The summed E-state index contributed by atoms with van der Waals surface area (Å²) in [7, 11) is 0. The van der Waals surface area contributed by atoms with Crippen molar-refractivity contribution in [2.24, 2.45) is 0 Å². The first-order chi connectivity index (χ1) is 13.1. The van der Waals surface area contributed by atoms with Crippen molar-refractivity contribution in [1.82, 2.24) is 10.2 Å². The lowest BCUT2D eigenvalue weighted by Crippen LogP contribution is -2.46. The zero-order chi connectivity index (χ0) is 21.1. The number of benzene rings is 1. The van der Waals surface area contributed by atoms with Gasteiger partial charge in [-0.3, -0.25) is 19.3 Å². The summed E-state index contributed by atoms with van der Waals surface area (Å²) in [6.07, 6.45) is -0.225. The van der Waals surface area contributed by atoms with Crippen LogP contribution in [0.4, 0.5) is 10.5 Å². The summed E-state index contributed by atoms with van der Waals surface area (Å²) in [6, 6.07) is 4.99. The Labute approximate surface area is 164 Å². The number of hydrogen-bond donors (Lipinski definition) is 2. The number of anilines is 1. The Bertz CT molecular complexity index is 781. The Hall–Kier alpha value is -2.90. The topological polar surface area (TPSA) is 105 Å². The number of nitrogens with zero attached hydrogens (tertiary/aromatic N) is 1. The van der Waals surface area contributed by atoms with Gasteiger partial charge in [0, 0.05) is 5.69 Å². The van der Waals surface area contributed by atoms with Crippen LogP contribution in [0, 0.1) is 13.8 Å². The lowest BCUT2D eigenvalue weighted by molar-refractivity contribution is -0.155. The summed E-state index contributed by atoms with van der Waals surface area (Å²) < 4.78 is 5.13. The molecular weight excluding hydrogens is 362 g/mol. The van der Waals surface area contributed by atoms with Gasteiger partial charge in [-0.2, -0.15) is 0 Å². The molecule has 1 saturated heterocycles. The first kappa shape index (κ1) is 21.4. The molecule has 2 rings (SSSR count). The van der Waals surface area contributed by atoms with E-state index in [4.69, 9.17) is 4.74 Å². The number of rotatable bonds is 7. The summed E-state index contributed by atoms with van der Waals surface area (Å²) >= 11 is 0. The number of esters is 1. The predicted molar refractivity (Wildman–Crippen MR) is 104 cm³/mol. The molecule has 0 bridgehead atoms. The van der Waals surface area contributed by atoms with Gasteiger partial charge >= 0.3 is 12.0 Å². The number of nitrogens with one attached hydrogen (secondary N) is 2. The van der Waals surface area contributed by atoms with Gasteiger partial charge in [0.2, 0.25) is 0 Å². The Morgan fingerprint density at radius 1 is 1.18 bits per heavy atom. The minimum Gasteiger partial charge on any atom is -0.451 e. The highest BCUT2D eigenvalue weighted by molar-refractivity contribution is 6.08. The van der Waals surface area contributed by atoms with Gasteiger partial charge in [0.15, 0.2) is 6.10 Å². The number of hydrogen-bond acceptors (Lipinski definition) is 5. The number of ether oxygens (including phenoxy) is 1. The molecule has 2 N–H and O–H groups in total. The molecule has 1 aliphatic rings. The average molecular weight is 389 g/mol. The average Bonchev–Trinajstić information content (AvgIpc) is 2.89. The molecule has 1 aromatic carbocycles. The molecule has 0 saturated carbocycles. The Morgan fingerprint density at radius 3 is 2.25 bits per heavy atom. The largest absolute Gasteiger partial charge is 0.451 e. The van der Waals surface area contributed by atoms with Crippen LogP contribution in [-0.4, -0.2) is 46.9 Å². The fourth-order valence-electron chi connectivity index (χ4n) is 3.20. The van der Waals surface area contributed by atoms with Crippen LogP contribution in [0.2, 0.25) is 0 Å². The van der Waals surface area contributed by atoms with Gasteiger partial charge in [0.25, 0.3) is 11.8 Å². The maximum atomic E-state index is 12.5.